The first kappa shape index (κ1) is 18.8. The van der Waals surface area contributed by atoms with Crippen LogP contribution in [0, 0.1) is 0 Å². The highest BCUT2D eigenvalue weighted by molar-refractivity contribution is 7.13. The van der Waals surface area contributed by atoms with Crippen LogP contribution in [-0.2, 0) is 20.7 Å². The average Bonchev–Trinajstić information content (AvgIpc) is 3.36. The highest BCUT2D eigenvalue weighted by Crippen LogP contribution is 2.22. The Labute approximate surface area is 160 Å². The first-order valence-electron chi connectivity index (χ1n) is 8.36. The molecule has 1 amide bonds. The van der Waals surface area contributed by atoms with Crippen molar-refractivity contribution < 1.29 is 18.8 Å². The van der Waals surface area contributed by atoms with Crippen molar-refractivity contribution in [3.8, 4) is 10.7 Å². The van der Waals surface area contributed by atoms with Crippen LogP contribution < -0.4 is 0 Å². The van der Waals surface area contributed by atoms with E-state index in [1.54, 1.807) is 38.4 Å². The molecule has 2 heterocycles. The molecule has 8 heteroatoms. The van der Waals surface area contributed by atoms with E-state index < -0.39 is 12.1 Å². The van der Waals surface area contributed by atoms with E-state index in [0.717, 1.165) is 4.88 Å². The summed E-state index contributed by atoms with van der Waals surface area (Å²) in [4.78, 5) is 31.2. The summed E-state index contributed by atoms with van der Waals surface area (Å²) >= 11 is 1.51. The Morgan fingerprint density at radius 2 is 1.96 bits per heavy atom. The van der Waals surface area contributed by atoms with E-state index in [1.807, 2.05) is 23.6 Å². The summed E-state index contributed by atoms with van der Waals surface area (Å²) in [5.74, 6) is 0.0473. The molecule has 0 aliphatic rings. The number of rotatable bonds is 7. The molecule has 0 radical (unpaired) electrons. The molecule has 0 aliphatic heterocycles. The second-order valence-electron chi connectivity index (χ2n) is 6.00. The van der Waals surface area contributed by atoms with E-state index in [9.17, 15) is 9.59 Å². The Hall–Kier alpha value is -3.00. The fraction of sp³-hybridized carbons (Fsp3) is 0.263. The molecule has 0 saturated heterocycles. The van der Waals surface area contributed by atoms with Crippen LogP contribution in [0.1, 0.15) is 24.0 Å². The van der Waals surface area contributed by atoms with Crippen LogP contribution in [0.5, 0.6) is 0 Å². The zero-order valence-electron chi connectivity index (χ0n) is 15.0. The third-order valence-electron chi connectivity index (χ3n) is 3.77. The molecular weight excluding hydrogens is 366 g/mol. The molecular formula is C19H19N3O4S. The van der Waals surface area contributed by atoms with Crippen molar-refractivity contribution in [3.63, 3.8) is 0 Å². The highest BCUT2D eigenvalue weighted by atomic mass is 32.1. The van der Waals surface area contributed by atoms with Crippen LogP contribution in [0.25, 0.3) is 10.7 Å². The topological polar surface area (TPSA) is 85.5 Å². The van der Waals surface area contributed by atoms with Gasteiger partial charge in [0, 0.05) is 26.1 Å². The third-order valence-corrected chi connectivity index (χ3v) is 4.64. The second-order valence-corrected chi connectivity index (χ2v) is 6.95. The maximum absolute atomic E-state index is 12.4. The molecule has 27 heavy (non-hydrogen) atoms. The zero-order valence-corrected chi connectivity index (χ0v) is 15.8. The number of thiophene rings is 1. The number of amides is 1. The summed E-state index contributed by atoms with van der Waals surface area (Å²) < 4.78 is 10.6. The number of aryl methyl sites for hydroxylation is 1. The third kappa shape index (κ3) is 4.79. The van der Waals surface area contributed by atoms with Crippen LogP contribution >= 0.6 is 11.3 Å². The van der Waals surface area contributed by atoms with E-state index in [-0.39, 0.29) is 18.7 Å². The van der Waals surface area contributed by atoms with Gasteiger partial charge in [0.25, 0.3) is 5.91 Å². The molecule has 140 valence electrons. The lowest BCUT2D eigenvalue weighted by atomic mass is 10.1. The predicted octanol–water partition coefficient (Wildman–Crippen LogP) is 3.10. The molecule has 2 aromatic heterocycles. The maximum Gasteiger partial charge on any atom is 0.307 e. The van der Waals surface area contributed by atoms with Crippen LogP contribution in [0.4, 0.5) is 0 Å². The number of esters is 1. The molecule has 7 nitrogen and oxygen atoms in total. The number of ether oxygens (including phenoxy) is 1. The van der Waals surface area contributed by atoms with Crippen LogP contribution in [0.3, 0.4) is 0 Å². The Kier molecular flexibility index (Phi) is 5.97. The lowest BCUT2D eigenvalue weighted by Gasteiger charge is -2.21. The predicted molar refractivity (Wildman–Crippen MR) is 99.9 cm³/mol. The molecule has 0 saturated carbocycles. The summed E-state index contributed by atoms with van der Waals surface area (Å²) in [5, 5.41) is 5.83. The molecule has 0 fully saturated rings. The van der Waals surface area contributed by atoms with Gasteiger partial charge in [-0.2, -0.15) is 4.98 Å². The number of hydrogen-bond acceptors (Lipinski definition) is 7. The van der Waals surface area contributed by atoms with Crippen molar-refractivity contribution in [1.29, 1.82) is 0 Å². The van der Waals surface area contributed by atoms with Gasteiger partial charge in [0.15, 0.2) is 0 Å². The zero-order chi connectivity index (χ0) is 19.2. The minimum atomic E-state index is -0.974. The summed E-state index contributed by atoms with van der Waals surface area (Å²) in [6.45, 7) is 0. The van der Waals surface area contributed by atoms with Gasteiger partial charge in [-0.05, 0) is 11.4 Å². The number of aromatic nitrogens is 2. The molecule has 1 atom stereocenters. The molecule has 0 N–H and O–H groups in total. The van der Waals surface area contributed by atoms with Crippen LogP contribution in [0.2, 0.25) is 0 Å². The molecule has 0 spiro atoms. The molecule has 3 rings (SSSR count). The minimum absolute atomic E-state index is 0.0378. The first-order valence-corrected chi connectivity index (χ1v) is 9.24. The van der Waals surface area contributed by atoms with Crippen LogP contribution in [-0.4, -0.2) is 41.0 Å². The van der Waals surface area contributed by atoms with Gasteiger partial charge in [0.1, 0.15) is 0 Å². The number of benzene rings is 1. The smallest absolute Gasteiger partial charge is 0.307 e. The lowest BCUT2D eigenvalue weighted by Crippen LogP contribution is -2.31. The Morgan fingerprint density at radius 3 is 2.63 bits per heavy atom. The SMILES string of the molecule is CN(C)C(=O)C(OC(=O)CCc1nc(-c2cccs2)no1)c1ccccc1. The van der Waals surface area contributed by atoms with Gasteiger partial charge < -0.3 is 14.2 Å². The summed E-state index contributed by atoms with van der Waals surface area (Å²) in [6.07, 6.45) is -0.691. The molecule has 1 aromatic carbocycles. The summed E-state index contributed by atoms with van der Waals surface area (Å²) in [7, 11) is 3.24. The van der Waals surface area contributed by atoms with Gasteiger partial charge in [-0.1, -0.05) is 41.6 Å². The second kappa shape index (κ2) is 8.59. The van der Waals surface area contributed by atoms with Crippen molar-refractivity contribution in [3.05, 3.63) is 59.3 Å². The lowest BCUT2D eigenvalue weighted by molar-refractivity contribution is -0.159. The van der Waals surface area contributed by atoms with Gasteiger partial charge in [0.05, 0.1) is 11.3 Å². The Balaban J connectivity index is 1.62. The van der Waals surface area contributed by atoms with E-state index >= 15 is 0 Å². The first-order chi connectivity index (χ1) is 13.0. The van der Waals surface area contributed by atoms with E-state index in [4.69, 9.17) is 9.26 Å². The van der Waals surface area contributed by atoms with E-state index in [2.05, 4.69) is 10.1 Å². The minimum Gasteiger partial charge on any atom is -0.447 e. The average molecular weight is 385 g/mol. The quantitative estimate of drug-likeness (QED) is 0.581. The fourth-order valence-corrected chi connectivity index (χ4v) is 3.03. The molecule has 3 aromatic rings. The summed E-state index contributed by atoms with van der Waals surface area (Å²) in [6, 6.07) is 12.7. The van der Waals surface area contributed by atoms with Crippen molar-refractivity contribution in [2.45, 2.75) is 18.9 Å². The molecule has 0 bridgehead atoms. The summed E-state index contributed by atoms with van der Waals surface area (Å²) in [5.41, 5.74) is 0.627. The standard InChI is InChI=1S/C19H19N3O4S/c1-22(2)19(24)17(13-7-4-3-5-8-13)25-16(23)11-10-15-20-18(21-26-15)14-9-6-12-27-14/h3-9,12,17H,10-11H2,1-2H3. The number of nitrogens with zero attached hydrogens (tertiary/aromatic N) is 3. The van der Waals surface area contributed by atoms with Gasteiger partial charge in [-0.25, -0.2) is 0 Å². The van der Waals surface area contributed by atoms with Gasteiger partial charge in [-0.15, -0.1) is 11.3 Å². The number of carbonyl (C=O) groups excluding carboxylic acids is 2. The molecule has 0 aliphatic carbocycles. The monoisotopic (exact) mass is 385 g/mol. The number of carbonyl (C=O) groups is 2. The van der Waals surface area contributed by atoms with Crippen LogP contribution in [0.15, 0.2) is 52.4 Å². The van der Waals surface area contributed by atoms with E-state index in [1.165, 1.54) is 16.2 Å². The highest BCUT2D eigenvalue weighted by Gasteiger charge is 2.26. The van der Waals surface area contributed by atoms with Crippen molar-refractivity contribution in [2.24, 2.45) is 0 Å². The number of hydrogen-bond donors (Lipinski definition) is 0. The van der Waals surface area contributed by atoms with Crippen molar-refractivity contribution in [1.82, 2.24) is 15.0 Å². The van der Waals surface area contributed by atoms with Crippen molar-refractivity contribution in [2.75, 3.05) is 14.1 Å². The Morgan fingerprint density at radius 1 is 1.19 bits per heavy atom. The molecule has 1 unspecified atom stereocenters. The van der Waals surface area contributed by atoms with Crippen molar-refractivity contribution >= 4 is 23.2 Å². The Bertz CT molecular complexity index is 891. The number of likely N-dealkylation sites (N-methyl/N-ethyl adjacent to an activating group) is 1. The van der Waals surface area contributed by atoms with Gasteiger partial charge >= 0.3 is 5.97 Å². The van der Waals surface area contributed by atoms with Gasteiger partial charge in [0.2, 0.25) is 17.8 Å². The van der Waals surface area contributed by atoms with Gasteiger partial charge in [-0.3, -0.25) is 9.59 Å². The fourth-order valence-electron chi connectivity index (χ4n) is 2.39. The maximum atomic E-state index is 12.4. The normalized spacial score (nSPS) is 11.8. The largest absolute Gasteiger partial charge is 0.447 e. The van der Waals surface area contributed by atoms with E-state index in [0.29, 0.717) is 17.3 Å².